The van der Waals surface area contributed by atoms with Crippen LogP contribution in [0.1, 0.15) is 18.1 Å². The van der Waals surface area contributed by atoms with Crippen LogP contribution in [0.5, 0.6) is 0 Å². The number of benzene rings is 1. The van der Waals surface area contributed by atoms with E-state index in [9.17, 15) is 13.2 Å². The van der Waals surface area contributed by atoms with Crippen LogP contribution in [0.4, 0.5) is 13.2 Å². The Morgan fingerprint density at radius 1 is 1.11 bits per heavy atom. The molecule has 0 radical (unpaired) electrons. The predicted molar refractivity (Wildman–Crippen MR) is 72.1 cm³/mol. The van der Waals surface area contributed by atoms with Crippen LogP contribution in [0.15, 0.2) is 35.0 Å². The molecule has 5 heteroatoms. The molecule has 0 aliphatic heterocycles. The molecule has 19 heavy (non-hydrogen) atoms. The first-order valence-electron chi connectivity index (χ1n) is 5.95. The molecule has 0 unspecified atom stereocenters. The summed E-state index contributed by atoms with van der Waals surface area (Å²) >= 11 is 1.56. The zero-order valence-electron chi connectivity index (χ0n) is 10.4. The number of halogens is 3. The molecule has 0 spiro atoms. The van der Waals surface area contributed by atoms with Gasteiger partial charge < -0.3 is 5.32 Å². The third kappa shape index (κ3) is 3.36. The molecule has 0 fully saturated rings. The van der Waals surface area contributed by atoms with Gasteiger partial charge in [-0.25, -0.2) is 0 Å². The normalized spacial score (nSPS) is 11.8. The van der Waals surface area contributed by atoms with E-state index >= 15 is 0 Å². The number of hydrogen-bond acceptors (Lipinski definition) is 2. The fourth-order valence-corrected chi connectivity index (χ4v) is 2.68. The lowest BCUT2D eigenvalue weighted by Gasteiger charge is -2.08. The fraction of sp³-hybridized carbons (Fsp3) is 0.286. The second-order valence-electron chi connectivity index (χ2n) is 4.17. The molecular formula is C14H14F3NS. The summed E-state index contributed by atoms with van der Waals surface area (Å²) in [5.74, 6) is 0. The van der Waals surface area contributed by atoms with E-state index in [1.165, 1.54) is 12.1 Å². The quantitative estimate of drug-likeness (QED) is 0.869. The van der Waals surface area contributed by atoms with Crippen LogP contribution in [0, 0.1) is 0 Å². The van der Waals surface area contributed by atoms with Crippen LogP contribution < -0.4 is 5.32 Å². The van der Waals surface area contributed by atoms with Crippen molar-refractivity contribution in [1.29, 1.82) is 0 Å². The average Bonchev–Trinajstić information content (AvgIpc) is 2.83. The zero-order valence-corrected chi connectivity index (χ0v) is 11.2. The number of alkyl halides is 3. The second kappa shape index (κ2) is 5.75. The highest BCUT2D eigenvalue weighted by Crippen LogP contribution is 2.32. The molecule has 0 saturated carbocycles. The Labute approximate surface area is 114 Å². The number of hydrogen-bond donors (Lipinski definition) is 1. The Morgan fingerprint density at radius 3 is 2.37 bits per heavy atom. The maximum atomic E-state index is 12.5. The van der Waals surface area contributed by atoms with Gasteiger partial charge in [0.05, 0.1) is 5.56 Å². The molecule has 1 aromatic carbocycles. The maximum Gasteiger partial charge on any atom is 0.416 e. The van der Waals surface area contributed by atoms with Gasteiger partial charge >= 0.3 is 6.18 Å². The zero-order chi connectivity index (χ0) is 13.9. The highest BCUT2D eigenvalue weighted by Gasteiger charge is 2.30. The van der Waals surface area contributed by atoms with Crippen LogP contribution in [0.25, 0.3) is 11.1 Å². The van der Waals surface area contributed by atoms with Crippen molar-refractivity contribution >= 4 is 11.3 Å². The molecule has 0 atom stereocenters. The van der Waals surface area contributed by atoms with Crippen molar-refractivity contribution in [3.63, 3.8) is 0 Å². The Balaban J connectivity index is 2.25. The van der Waals surface area contributed by atoms with Gasteiger partial charge in [0.15, 0.2) is 0 Å². The molecule has 2 aromatic rings. The van der Waals surface area contributed by atoms with E-state index in [1.54, 1.807) is 11.3 Å². The van der Waals surface area contributed by atoms with Crippen molar-refractivity contribution < 1.29 is 13.2 Å². The molecule has 1 N–H and O–H groups in total. The number of nitrogens with one attached hydrogen (secondary N) is 1. The van der Waals surface area contributed by atoms with Crippen molar-refractivity contribution in [2.45, 2.75) is 19.6 Å². The van der Waals surface area contributed by atoms with Crippen molar-refractivity contribution in [3.8, 4) is 11.1 Å². The maximum absolute atomic E-state index is 12.5. The minimum absolute atomic E-state index is 0.611. The summed E-state index contributed by atoms with van der Waals surface area (Å²) in [4.78, 5) is 0. The van der Waals surface area contributed by atoms with Crippen LogP contribution in [0.2, 0.25) is 0 Å². The van der Waals surface area contributed by atoms with Crippen LogP contribution in [-0.2, 0) is 12.7 Å². The smallest absolute Gasteiger partial charge is 0.313 e. The second-order valence-corrected chi connectivity index (χ2v) is 4.91. The summed E-state index contributed by atoms with van der Waals surface area (Å²) in [6.07, 6.45) is -4.28. The Hall–Kier alpha value is -1.33. The van der Waals surface area contributed by atoms with Crippen LogP contribution in [-0.4, -0.2) is 6.54 Å². The van der Waals surface area contributed by atoms with Gasteiger partial charge in [0.1, 0.15) is 0 Å². The van der Waals surface area contributed by atoms with Crippen molar-refractivity contribution in [3.05, 3.63) is 46.2 Å². The standard InChI is InChI=1S/C14H14F3NS/c1-2-18-7-11-8-19-9-13(11)10-3-5-12(6-4-10)14(15,16)17/h3-6,8-9,18H,2,7H2,1H3. The third-order valence-electron chi connectivity index (χ3n) is 2.83. The molecule has 0 aliphatic carbocycles. The van der Waals surface area contributed by atoms with E-state index in [4.69, 9.17) is 0 Å². The molecule has 1 heterocycles. The van der Waals surface area contributed by atoms with Gasteiger partial charge in [0, 0.05) is 6.54 Å². The van der Waals surface area contributed by atoms with Crippen molar-refractivity contribution in [2.24, 2.45) is 0 Å². The van der Waals surface area contributed by atoms with E-state index in [-0.39, 0.29) is 0 Å². The monoisotopic (exact) mass is 285 g/mol. The molecule has 1 nitrogen and oxygen atoms in total. The Bertz CT molecular complexity index is 528. The first kappa shape index (κ1) is 14.1. The van der Waals surface area contributed by atoms with E-state index in [0.717, 1.165) is 41.9 Å². The third-order valence-corrected chi connectivity index (χ3v) is 3.62. The Morgan fingerprint density at radius 2 is 1.79 bits per heavy atom. The van der Waals surface area contributed by atoms with E-state index in [0.29, 0.717) is 0 Å². The van der Waals surface area contributed by atoms with Crippen LogP contribution in [0.3, 0.4) is 0 Å². The topological polar surface area (TPSA) is 12.0 Å². The number of thiophene rings is 1. The summed E-state index contributed by atoms with van der Waals surface area (Å²) in [6, 6.07) is 5.31. The van der Waals surface area contributed by atoms with Gasteiger partial charge in [0.25, 0.3) is 0 Å². The summed E-state index contributed by atoms with van der Waals surface area (Å²) in [6.45, 7) is 3.61. The molecule has 0 aliphatic rings. The minimum atomic E-state index is -4.28. The van der Waals surface area contributed by atoms with Crippen LogP contribution >= 0.6 is 11.3 Å². The lowest BCUT2D eigenvalue weighted by molar-refractivity contribution is -0.137. The summed E-state index contributed by atoms with van der Waals surface area (Å²) in [7, 11) is 0. The Kier molecular flexibility index (Phi) is 4.27. The molecule has 102 valence electrons. The molecule has 2 rings (SSSR count). The van der Waals surface area contributed by atoms with E-state index < -0.39 is 11.7 Å². The summed E-state index contributed by atoms with van der Waals surface area (Å²) in [5, 5.41) is 7.21. The molecule has 0 amide bonds. The predicted octanol–water partition coefficient (Wildman–Crippen LogP) is 4.54. The largest absolute Gasteiger partial charge is 0.416 e. The van der Waals surface area contributed by atoms with Gasteiger partial charge in [-0.1, -0.05) is 19.1 Å². The molecular weight excluding hydrogens is 271 g/mol. The molecule has 0 bridgehead atoms. The molecule has 1 aromatic heterocycles. The first-order chi connectivity index (χ1) is 9.02. The van der Waals surface area contributed by atoms with Gasteiger partial charge in [-0.05, 0) is 46.1 Å². The van der Waals surface area contributed by atoms with E-state index in [1.807, 2.05) is 17.7 Å². The molecule has 0 saturated heterocycles. The highest BCUT2D eigenvalue weighted by molar-refractivity contribution is 7.08. The lowest BCUT2D eigenvalue weighted by Crippen LogP contribution is -2.11. The first-order valence-corrected chi connectivity index (χ1v) is 6.90. The fourth-order valence-electron chi connectivity index (χ4n) is 1.81. The summed E-state index contributed by atoms with van der Waals surface area (Å²) < 4.78 is 37.5. The highest BCUT2D eigenvalue weighted by atomic mass is 32.1. The van der Waals surface area contributed by atoms with Gasteiger partial charge in [0.2, 0.25) is 0 Å². The summed E-state index contributed by atoms with van der Waals surface area (Å²) in [5.41, 5.74) is 2.33. The number of rotatable bonds is 4. The average molecular weight is 285 g/mol. The van der Waals surface area contributed by atoms with Crippen molar-refractivity contribution in [1.82, 2.24) is 5.32 Å². The van der Waals surface area contributed by atoms with Crippen molar-refractivity contribution in [2.75, 3.05) is 6.54 Å². The van der Waals surface area contributed by atoms with Gasteiger partial charge in [-0.2, -0.15) is 24.5 Å². The van der Waals surface area contributed by atoms with E-state index in [2.05, 4.69) is 5.32 Å². The van der Waals surface area contributed by atoms with Gasteiger partial charge in [-0.15, -0.1) is 0 Å². The van der Waals surface area contributed by atoms with Gasteiger partial charge in [-0.3, -0.25) is 0 Å². The lowest BCUT2D eigenvalue weighted by atomic mass is 10.0. The SMILES string of the molecule is CCNCc1cscc1-c1ccc(C(F)(F)F)cc1. The minimum Gasteiger partial charge on any atom is -0.313 e.